The Morgan fingerprint density at radius 2 is 1.69 bits per heavy atom. The lowest BCUT2D eigenvalue weighted by Crippen LogP contribution is -2.49. The Labute approximate surface area is 102 Å². The summed E-state index contributed by atoms with van der Waals surface area (Å²) in [5, 5.41) is 3.57. The van der Waals surface area contributed by atoms with E-state index in [2.05, 4.69) is 58.9 Å². The highest BCUT2D eigenvalue weighted by atomic mass is 16.5. The largest absolute Gasteiger partial charge is 0.379 e. The molecule has 0 aliphatic carbocycles. The van der Waals surface area contributed by atoms with Crippen molar-refractivity contribution in [3.05, 3.63) is 0 Å². The van der Waals surface area contributed by atoms with E-state index in [4.69, 9.17) is 4.74 Å². The van der Waals surface area contributed by atoms with Gasteiger partial charge in [0.1, 0.15) is 0 Å². The zero-order valence-electron chi connectivity index (χ0n) is 12.3. The zero-order valence-corrected chi connectivity index (χ0v) is 12.3. The smallest absolute Gasteiger partial charge is 0.0637 e. The first-order valence-electron chi connectivity index (χ1n) is 6.07. The molecule has 0 fully saturated rings. The van der Waals surface area contributed by atoms with E-state index in [1.165, 1.54) is 0 Å². The average molecular weight is 230 g/mol. The van der Waals surface area contributed by atoms with Gasteiger partial charge in [-0.15, -0.1) is 0 Å². The molecule has 1 unspecified atom stereocenters. The van der Waals surface area contributed by atoms with Crippen LogP contribution in [0.1, 0.15) is 41.0 Å². The van der Waals surface area contributed by atoms with E-state index >= 15 is 0 Å². The molecular formula is C13H30N2O. The summed E-state index contributed by atoms with van der Waals surface area (Å²) in [6.07, 6.45) is 1.02. The lowest BCUT2D eigenvalue weighted by atomic mass is 9.98. The SMILES string of the molecule is COC(C)(C)CC(C)NCC(C)(C)N(C)C. The van der Waals surface area contributed by atoms with Crippen LogP contribution in [0.4, 0.5) is 0 Å². The molecule has 0 aliphatic heterocycles. The molecule has 0 aromatic carbocycles. The van der Waals surface area contributed by atoms with Gasteiger partial charge in [0.05, 0.1) is 5.60 Å². The molecule has 0 amide bonds. The topological polar surface area (TPSA) is 24.5 Å². The van der Waals surface area contributed by atoms with Gasteiger partial charge in [0.15, 0.2) is 0 Å². The highest BCUT2D eigenvalue weighted by Gasteiger charge is 2.24. The van der Waals surface area contributed by atoms with Crippen molar-refractivity contribution < 1.29 is 4.74 Å². The number of ether oxygens (including phenoxy) is 1. The molecule has 0 saturated heterocycles. The molecule has 3 heteroatoms. The molecule has 0 aromatic heterocycles. The molecule has 0 bridgehead atoms. The molecule has 1 atom stereocenters. The van der Waals surface area contributed by atoms with Gasteiger partial charge in [-0.25, -0.2) is 0 Å². The average Bonchev–Trinajstić information content (AvgIpc) is 2.14. The van der Waals surface area contributed by atoms with Crippen LogP contribution in [0, 0.1) is 0 Å². The molecule has 0 aromatic rings. The molecule has 0 heterocycles. The fourth-order valence-corrected chi connectivity index (χ4v) is 1.47. The summed E-state index contributed by atoms with van der Waals surface area (Å²) in [5.74, 6) is 0. The third-order valence-corrected chi connectivity index (χ3v) is 3.44. The second-order valence-electron chi connectivity index (χ2n) is 6.16. The predicted octanol–water partition coefficient (Wildman–Crippen LogP) is 2.12. The number of likely N-dealkylation sites (N-methyl/N-ethyl adjacent to an activating group) is 1. The summed E-state index contributed by atoms with van der Waals surface area (Å²) in [4.78, 5) is 2.24. The Kier molecular flexibility index (Phi) is 5.94. The summed E-state index contributed by atoms with van der Waals surface area (Å²) in [5.41, 5.74) is 0.139. The van der Waals surface area contributed by atoms with E-state index < -0.39 is 0 Å². The van der Waals surface area contributed by atoms with Crippen LogP contribution in [-0.4, -0.2) is 49.8 Å². The summed E-state index contributed by atoms with van der Waals surface area (Å²) < 4.78 is 5.44. The zero-order chi connectivity index (χ0) is 13.0. The molecule has 0 radical (unpaired) electrons. The standard InChI is InChI=1S/C13H30N2O/c1-11(9-13(4,5)16-8)14-10-12(2,3)15(6)7/h11,14H,9-10H2,1-8H3. The van der Waals surface area contributed by atoms with Crippen LogP contribution >= 0.6 is 0 Å². The fraction of sp³-hybridized carbons (Fsp3) is 1.00. The van der Waals surface area contributed by atoms with Gasteiger partial charge in [-0.2, -0.15) is 0 Å². The third kappa shape index (κ3) is 5.83. The maximum atomic E-state index is 5.44. The minimum Gasteiger partial charge on any atom is -0.379 e. The van der Waals surface area contributed by atoms with Crippen molar-refractivity contribution in [1.29, 1.82) is 0 Å². The van der Waals surface area contributed by atoms with E-state index in [1.54, 1.807) is 7.11 Å². The number of methoxy groups -OCH3 is 1. The predicted molar refractivity (Wildman–Crippen MR) is 70.9 cm³/mol. The lowest BCUT2D eigenvalue weighted by Gasteiger charge is -2.35. The lowest BCUT2D eigenvalue weighted by molar-refractivity contribution is 0.00755. The minimum absolute atomic E-state index is 0.0469. The van der Waals surface area contributed by atoms with Crippen molar-refractivity contribution in [3.63, 3.8) is 0 Å². The van der Waals surface area contributed by atoms with Crippen LogP contribution in [0.25, 0.3) is 0 Å². The van der Waals surface area contributed by atoms with E-state index in [0.29, 0.717) is 6.04 Å². The quantitative estimate of drug-likeness (QED) is 0.725. The molecule has 16 heavy (non-hydrogen) atoms. The van der Waals surface area contributed by atoms with Crippen molar-refractivity contribution in [1.82, 2.24) is 10.2 Å². The number of hydrogen-bond donors (Lipinski definition) is 1. The monoisotopic (exact) mass is 230 g/mol. The van der Waals surface area contributed by atoms with Crippen LogP contribution in [0.3, 0.4) is 0 Å². The highest BCUT2D eigenvalue weighted by Crippen LogP contribution is 2.16. The van der Waals surface area contributed by atoms with Gasteiger partial charge in [-0.05, 0) is 55.1 Å². The first-order valence-corrected chi connectivity index (χ1v) is 6.07. The third-order valence-electron chi connectivity index (χ3n) is 3.44. The Balaban J connectivity index is 4.04. The number of hydrogen-bond acceptors (Lipinski definition) is 3. The Bertz CT molecular complexity index is 200. The van der Waals surface area contributed by atoms with E-state index in [1.807, 2.05) is 0 Å². The Hall–Kier alpha value is -0.120. The molecule has 98 valence electrons. The molecular weight excluding hydrogens is 200 g/mol. The van der Waals surface area contributed by atoms with Crippen molar-refractivity contribution in [2.24, 2.45) is 0 Å². The van der Waals surface area contributed by atoms with Crippen LogP contribution in [0.5, 0.6) is 0 Å². The minimum atomic E-state index is -0.0469. The van der Waals surface area contributed by atoms with Crippen molar-refractivity contribution >= 4 is 0 Å². The molecule has 0 saturated carbocycles. The normalized spacial score (nSPS) is 15.6. The molecule has 0 aliphatic rings. The number of rotatable bonds is 7. The van der Waals surface area contributed by atoms with Crippen LogP contribution in [0.15, 0.2) is 0 Å². The van der Waals surface area contributed by atoms with Crippen molar-refractivity contribution in [3.8, 4) is 0 Å². The van der Waals surface area contributed by atoms with E-state index in [-0.39, 0.29) is 11.1 Å². The number of nitrogens with one attached hydrogen (secondary N) is 1. The molecule has 3 nitrogen and oxygen atoms in total. The van der Waals surface area contributed by atoms with Gasteiger partial charge in [-0.3, -0.25) is 0 Å². The maximum absolute atomic E-state index is 5.44. The van der Waals surface area contributed by atoms with Crippen LogP contribution < -0.4 is 5.32 Å². The maximum Gasteiger partial charge on any atom is 0.0637 e. The summed E-state index contributed by atoms with van der Waals surface area (Å²) >= 11 is 0. The molecule has 0 rings (SSSR count). The molecule has 1 N–H and O–H groups in total. The van der Waals surface area contributed by atoms with Crippen LogP contribution in [-0.2, 0) is 4.74 Å². The fourth-order valence-electron chi connectivity index (χ4n) is 1.47. The van der Waals surface area contributed by atoms with Gasteiger partial charge < -0.3 is 15.0 Å². The first-order chi connectivity index (χ1) is 7.10. The summed E-state index contributed by atoms with van der Waals surface area (Å²) in [6.45, 7) is 11.9. The second-order valence-corrected chi connectivity index (χ2v) is 6.16. The Morgan fingerprint density at radius 1 is 1.19 bits per heavy atom. The van der Waals surface area contributed by atoms with Gasteiger partial charge >= 0.3 is 0 Å². The van der Waals surface area contributed by atoms with Gasteiger partial charge in [0.2, 0.25) is 0 Å². The van der Waals surface area contributed by atoms with Crippen molar-refractivity contribution in [2.75, 3.05) is 27.7 Å². The van der Waals surface area contributed by atoms with Gasteiger partial charge in [0.25, 0.3) is 0 Å². The van der Waals surface area contributed by atoms with Gasteiger partial charge in [-0.1, -0.05) is 0 Å². The number of nitrogens with zero attached hydrogens (tertiary/aromatic N) is 1. The van der Waals surface area contributed by atoms with E-state index in [0.717, 1.165) is 13.0 Å². The first kappa shape index (κ1) is 15.9. The van der Waals surface area contributed by atoms with Crippen LogP contribution in [0.2, 0.25) is 0 Å². The van der Waals surface area contributed by atoms with Crippen molar-refractivity contribution in [2.45, 2.75) is 58.2 Å². The molecule has 0 spiro atoms. The summed E-state index contributed by atoms with van der Waals surface area (Å²) in [6, 6.07) is 0.467. The highest BCUT2D eigenvalue weighted by molar-refractivity contribution is 4.83. The van der Waals surface area contributed by atoms with Gasteiger partial charge in [0, 0.05) is 25.2 Å². The second kappa shape index (κ2) is 5.99. The Morgan fingerprint density at radius 3 is 2.06 bits per heavy atom. The van der Waals surface area contributed by atoms with E-state index in [9.17, 15) is 0 Å². The summed E-state index contributed by atoms with van der Waals surface area (Å²) in [7, 11) is 6.01.